The van der Waals surface area contributed by atoms with Crippen molar-refractivity contribution in [1.82, 2.24) is 10.2 Å². The number of nitrogens with zero attached hydrogens (tertiary/aromatic N) is 1. The molecule has 1 atom stereocenters. The summed E-state index contributed by atoms with van der Waals surface area (Å²) in [6, 6.07) is 15.6. The summed E-state index contributed by atoms with van der Waals surface area (Å²) in [5, 5.41) is 3.37. The lowest BCUT2D eigenvalue weighted by Crippen LogP contribution is -2.47. The van der Waals surface area contributed by atoms with Crippen molar-refractivity contribution >= 4 is 23.4 Å². The molecule has 0 aliphatic carbocycles. The van der Waals surface area contributed by atoms with Crippen LogP contribution in [0.15, 0.2) is 71.3 Å². The summed E-state index contributed by atoms with van der Waals surface area (Å²) < 4.78 is 18.5. The molecule has 0 spiro atoms. The zero-order valence-corrected chi connectivity index (χ0v) is 17.2. The molecule has 0 aliphatic heterocycles. The van der Waals surface area contributed by atoms with E-state index in [0.29, 0.717) is 10.8 Å². The molecule has 5 nitrogen and oxygen atoms in total. The van der Waals surface area contributed by atoms with Gasteiger partial charge in [-0.2, -0.15) is 0 Å². The van der Waals surface area contributed by atoms with Gasteiger partial charge in [-0.3, -0.25) is 9.59 Å². The van der Waals surface area contributed by atoms with E-state index in [4.69, 9.17) is 16.0 Å². The smallest absolute Gasteiger partial charge is 0.242 e. The van der Waals surface area contributed by atoms with Crippen molar-refractivity contribution in [3.8, 4) is 0 Å². The van der Waals surface area contributed by atoms with E-state index in [-0.39, 0.29) is 37.1 Å². The van der Waals surface area contributed by atoms with E-state index >= 15 is 0 Å². The minimum absolute atomic E-state index is 0.119. The predicted octanol–water partition coefficient (Wildman–Crippen LogP) is 4.35. The monoisotopic (exact) mass is 428 g/mol. The van der Waals surface area contributed by atoms with Crippen LogP contribution >= 0.6 is 11.6 Å². The molecule has 2 aromatic carbocycles. The third kappa shape index (κ3) is 5.94. The average Bonchev–Trinajstić information content (AvgIpc) is 3.26. The van der Waals surface area contributed by atoms with Crippen LogP contribution in [0.1, 0.15) is 23.8 Å². The SMILES string of the molecule is C[C@@H](C(=O)NCc1ccco1)N(Cc1ccc(F)cc1)C(=O)Cc1ccc(Cl)cc1. The van der Waals surface area contributed by atoms with E-state index in [9.17, 15) is 14.0 Å². The van der Waals surface area contributed by atoms with Crippen LogP contribution < -0.4 is 5.32 Å². The summed E-state index contributed by atoms with van der Waals surface area (Å²) in [5.41, 5.74) is 1.52. The molecule has 0 aliphatic rings. The second kappa shape index (κ2) is 10.1. The Kier molecular flexibility index (Phi) is 7.25. The number of rotatable bonds is 8. The third-order valence-electron chi connectivity index (χ3n) is 4.72. The van der Waals surface area contributed by atoms with E-state index in [1.165, 1.54) is 23.3 Å². The van der Waals surface area contributed by atoms with Gasteiger partial charge in [0.25, 0.3) is 0 Å². The highest BCUT2D eigenvalue weighted by Gasteiger charge is 2.26. The number of carbonyl (C=O) groups is 2. The Bertz CT molecular complexity index is 973. The van der Waals surface area contributed by atoms with Crippen LogP contribution in [0, 0.1) is 5.82 Å². The van der Waals surface area contributed by atoms with E-state index < -0.39 is 6.04 Å². The fourth-order valence-electron chi connectivity index (χ4n) is 2.98. The normalized spacial score (nSPS) is 11.7. The molecule has 0 fully saturated rings. The maximum Gasteiger partial charge on any atom is 0.242 e. The highest BCUT2D eigenvalue weighted by atomic mass is 35.5. The number of halogens is 2. The van der Waals surface area contributed by atoms with Crippen molar-refractivity contribution in [3.63, 3.8) is 0 Å². The van der Waals surface area contributed by atoms with Gasteiger partial charge in [0, 0.05) is 11.6 Å². The van der Waals surface area contributed by atoms with Crippen LogP contribution in [0.3, 0.4) is 0 Å². The number of amides is 2. The number of hydrogen-bond donors (Lipinski definition) is 1. The molecular formula is C23H22ClFN2O3. The maximum absolute atomic E-state index is 13.3. The molecule has 3 aromatic rings. The fraction of sp³-hybridized carbons (Fsp3) is 0.217. The molecule has 0 radical (unpaired) electrons. The molecular weight excluding hydrogens is 407 g/mol. The second-order valence-electron chi connectivity index (χ2n) is 6.92. The maximum atomic E-state index is 13.3. The highest BCUT2D eigenvalue weighted by molar-refractivity contribution is 6.30. The Morgan fingerprint density at radius 3 is 2.37 bits per heavy atom. The van der Waals surface area contributed by atoms with Crippen molar-refractivity contribution in [2.75, 3.05) is 0 Å². The van der Waals surface area contributed by atoms with Crippen LogP contribution in [0.25, 0.3) is 0 Å². The number of nitrogens with one attached hydrogen (secondary N) is 1. The van der Waals surface area contributed by atoms with E-state index in [1.54, 1.807) is 55.5 Å². The summed E-state index contributed by atoms with van der Waals surface area (Å²) in [4.78, 5) is 27.3. The van der Waals surface area contributed by atoms with E-state index in [1.807, 2.05) is 0 Å². The molecule has 1 N–H and O–H groups in total. The van der Waals surface area contributed by atoms with Crippen molar-refractivity contribution in [2.24, 2.45) is 0 Å². The van der Waals surface area contributed by atoms with Gasteiger partial charge < -0.3 is 14.6 Å². The standard InChI is InChI=1S/C23H22ClFN2O3/c1-16(23(29)26-14-21-3-2-12-30-21)27(15-18-6-10-20(25)11-7-18)22(28)13-17-4-8-19(24)9-5-17/h2-12,16H,13-15H2,1H3,(H,26,29)/t16-/m0/s1. The molecule has 0 saturated heterocycles. The summed E-state index contributed by atoms with van der Waals surface area (Å²) in [6.07, 6.45) is 1.65. The molecule has 0 bridgehead atoms. The zero-order valence-electron chi connectivity index (χ0n) is 16.5. The first-order chi connectivity index (χ1) is 14.4. The topological polar surface area (TPSA) is 62.6 Å². The molecule has 3 rings (SSSR count). The molecule has 1 aromatic heterocycles. The van der Waals surface area contributed by atoms with Crippen LogP contribution in [-0.4, -0.2) is 22.8 Å². The van der Waals surface area contributed by atoms with Crippen molar-refractivity contribution in [1.29, 1.82) is 0 Å². The third-order valence-corrected chi connectivity index (χ3v) is 4.97. The summed E-state index contributed by atoms with van der Waals surface area (Å²) in [5.74, 6) is -0.268. The van der Waals surface area contributed by atoms with Crippen molar-refractivity contribution in [3.05, 3.63) is 94.7 Å². The first-order valence-electron chi connectivity index (χ1n) is 9.51. The van der Waals surface area contributed by atoms with Crippen LogP contribution in [0.5, 0.6) is 0 Å². The molecule has 0 saturated carbocycles. The zero-order chi connectivity index (χ0) is 21.5. The van der Waals surface area contributed by atoms with Crippen LogP contribution in [-0.2, 0) is 29.1 Å². The van der Waals surface area contributed by atoms with Crippen LogP contribution in [0.2, 0.25) is 5.02 Å². The van der Waals surface area contributed by atoms with Gasteiger partial charge in [-0.1, -0.05) is 35.9 Å². The molecule has 0 unspecified atom stereocenters. The van der Waals surface area contributed by atoms with Gasteiger partial charge in [0.15, 0.2) is 0 Å². The molecule has 2 amide bonds. The van der Waals surface area contributed by atoms with Gasteiger partial charge in [-0.15, -0.1) is 0 Å². The largest absolute Gasteiger partial charge is 0.467 e. The number of hydrogen-bond acceptors (Lipinski definition) is 3. The van der Waals surface area contributed by atoms with Gasteiger partial charge >= 0.3 is 0 Å². The molecule has 1 heterocycles. The summed E-state index contributed by atoms with van der Waals surface area (Å²) in [6.45, 7) is 2.08. The lowest BCUT2D eigenvalue weighted by atomic mass is 10.1. The Morgan fingerprint density at radius 1 is 1.07 bits per heavy atom. The van der Waals surface area contributed by atoms with Gasteiger partial charge in [-0.25, -0.2) is 4.39 Å². The number of carbonyl (C=O) groups excluding carboxylic acids is 2. The lowest BCUT2D eigenvalue weighted by molar-refractivity contribution is -0.140. The first-order valence-corrected chi connectivity index (χ1v) is 9.88. The summed E-state index contributed by atoms with van der Waals surface area (Å²) in [7, 11) is 0. The number of furan rings is 1. The van der Waals surface area contributed by atoms with Gasteiger partial charge in [0.2, 0.25) is 11.8 Å². The predicted molar refractivity (Wildman–Crippen MR) is 112 cm³/mol. The molecule has 156 valence electrons. The Hall–Kier alpha value is -3.12. The van der Waals surface area contributed by atoms with E-state index in [2.05, 4.69) is 5.32 Å². The quantitative estimate of drug-likeness (QED) is 0.580. The highest BCUT2D eigenvalue weighted by Crippen LogP contribution is 2.15. The van der Waals surface area contributed by atoms with Gasteiger partial charge in [0.05, 0.1) is 19.2 Å². The molecule has 30 heavy (non-hydrogen) atoms. The Labute approximate surface area is 179 Å². The van der Waals surface area contributed by atoms with Crippen molar-refractivity contribution in [2.45, 2.75) is 32.5 Å². The Balaban J connectivity index is 1.74. The van der Waals surface area contributed by atoms with E-state index in [0.717, 1.165) is 11.1 Å². The van der Waals surface area contributed by atoms with Crippen LogP contribution in [0.4, 0.5) is 4.39 Å². The first kappa shape index (κ1) is 21.6. The Morgan fingerprint density at radius 2 is 1.73 bits per heavy atom. The molecule has 7 heteroatoms. The lowest BCUT2D eigenvalue weighted by Gasteiger charge is -2.29. The minimum atomic E-state index is -0.732. The number of benzene rings is 2. The summed E-state index contributed by atoms with van der Waals surface area (Å²) >= 11 is 5.91. The van der Waals surface area contributed by atoms with Crippen molar-refractivity contribution < 1.29 is 18.4 Å². The average molecular weight is 429 g/mol. The van der Waals surface area contributed by atoms with Gasteiger partial charge in [0.1, 0.15) is 17.6 Å². The second-order valence-corrected chi connectivity index (χ2v) is 7.36. The van der Waals surface area contributed by atoms with Gasteiger partial charge in [-0.05, 0) is 54.4 Å². The minimum Gasteiger partial charge on any atom is -0.467 e. The fourth-order valence-corrected chi connectivity index (χ4v) is 3.11.